The molecule has 0 radical (unpaired) electrons. The predicted octanol–water partition coefficient (Wildman–Crippen LogP) is 1.71. The van der Waals surface area contributed by atoms with Crippen molar-refractivity contribution in [3.05, 3.63) is 0 Å². The summed E-state index contributed by atoms with van der Waals surface area (Å²) in [5, 5.41) is 0. The third kappa shape index (κ3) is 4.83. The molecule has 1 aliphatic heterocycles. The van der Waals surface area contributed by atoms with Crippen molar-refractivity contribution in [2.24, 2.45) is 5.92 Å². The minimum Gasteiger partial charge on any atom is -0.468 e. The molecule has 0 aromatic carbocycles. The van der Waals surface area contributed by atoms with E-state index in [9.17, 15) is 14.4 Å². The fraction of sp³-hybridized carbons (Fsp3) is 0.812. The molecule has 0 bridgehead atoms. The van der Waals surface area contributed by atoms with Gasteiger partial charge < -0.3 is 18.9 Å². The van der Waals surface area contributed by atoms with Gasteiger partial charge in [-0.15, -0.1) is 0 Å². The quantitative estimate of drug-likeness (QED) is 0.435. The van der Waals surface area contributed by atoms with Crippen LogP contribution in [0.4, 0.5) is 4.79 Å². The maximum atomic E-state index is 12.5. The highest BCUT2D eigenvalue weighted by Gasteiger charge is 2.48. The molecule has 0 aromatic heterocycles. The molecule has 0 aromatic rings. The fourth-order valence-corrected chi connectivity index (χ4v) is 2.58. The number of methoxy groups -OCH3 is 2. The molecule has 1 rings (SSSR count). The molecule has 8 heteroatoms. The minimum absolute atomic E-state index is 0.0298. The number of nitrogens with zero attached hydrogens (tertiary/aromatic N) is 1. The van der Waals surface area contributed by atoms with Crippen molar-refractivity contribution in [3.63, 3.8) is 0 Å². The van der Waals surface area contributed by atoms with Gasteiger partial charge in [-0.25, -0.2) is 4.79 Å². The van der Waals surface area contributed by atoms with Crippen LogP contribution >= 0.6 is 0 Å². The highest BCUT2D eigenvalue weighted by molar-refractivity contribution is 5.94. The average Bonchev–Trinajstić information content (AvgIpc) is 2.76. The largest absolute Gasteiger partial charge is 0.468 e. The minimum atomic E-state index is -1.13. The summed E-state index contributed by atoms with van der Waals surface area (Å²) in [7, 11) is 2.39. The lowest BCUT2D eigenvalue weighted by Gasteiger charge is -2.35. The summed E-state index contributed by atoms with van der Waals surface area (Å²) in [4.78, 5) is 37.7. The van der Waals surface area contributed by atoms with Gasteiger partial charge >= 0.3 is 18.0 Å². The Balaban J connectivity index is 3.01. The van der Waals surface area contributed by atoms with E-state index >= 15 is 0 Å². The van der Waals surface area contributed by atoms with Gasteiger partial charge in [0.1, 0.15) is 11.3 Å². The van der Waals surface area contributed by atoms with Gasteiger partial charge in [0.05, 0.1) is 26.9 Å². The Bertz CT molecular complexity index is 479. The van der Waals surface area contributed by atoms with Crippen LogP contribution in [0.15, 0.2) is 0 Å². The van der Waals surface area contributed by atoms with E-state index in [1.165, 1.54) is 19.1 Å². The molecule has 1 atom stereocenters. The Labute approximate surface area is 142 Å². The van der Waals surface area contributed by atoms with Crippen LogP contribution < -0.4 is 0 Å². The van der Waals surface area contributed by atoms with Crippen LogP contribution in [0.25, 0.3) is 0 Å². The Hall–Kier alpha value is -1.83. The molecule has 24 heavy (non-hydrogen) atoms. The summed E-state index contributed by atoms with van der Waals surface area (Å²) >= 11 is 0. The van der Waals surface area contributed by atoms with Crippen LogP contribution in [-0.2, 0) is 28.5 Å². The molecule has 0 saturated carbocycles. The van der Waals surface area contributed by atoms with Crippen molar-refractivity contribution in [1.82, 2.24) is 4.90 Å². The Morgan fingerprint density at radius 3 is 2.08 bits per heavy atom. The molecule has 1 fully saturated rings. The van der Waals surface area contributed by atoms with E-state index in [1.807, 2.05) is 0 Å². The summed E-state index contributed by atoms with van der Waals surface area (Å²) in [6.45, 7) is 8.90. The van der Waals surface area contributed by atoms with E-state index in [-0.39, 0.29) is 13.0 Å². The van der Waals surface area contributed by atoms with Crippen molar-refractivity contribution in [3.8, 4) is 0 Å². The molecule has 0 N–H and O–H groups in total. The van der Waals surface area contributed by atoms with E-state index in [1.54, 1.807) is 34.6 Å². The SMILES string of the molecule is COC(=O)C(C[C@H]1COC(C)(C)N1C(=O)OC(C)(C)C)C(=O)OC. The first-order valence-electron chi connectivity index (χ1n) is 7.75. The standard InChI is InChI=1S/C16H27NO7/c1-15(2,3)24-14(20)17-10(9-23-16(17,4)5)8-11(12(18)21-6)13(19)22-7/h10-11H,8-9H2,1-7H3/t10-/m0/s1. The molecule has 0 aliphatic carbocycles. The highest BCUT2D eigenvalue weighted by Crippen LogP contribution is 2.32. The molecular weight excluding hydrogens is 318 g/mol. The first kappa shape index (κ1) is 20.2. The van der Waals surface area contributed by atoms with Crippen LogP contribution in [0.5, 0.6) is 0 Å². The molecule has 1 saturated heterocycles. The number of carbonyl (C=O) groups is 3. The number of ether oxygens (including phenoxy) is 4. The van der Waals surface area contributed by atoms with Gasteiger partial charge in [-0.3, -0.25) is 14.5 Å². The molecule has 138 valence electrons. The topological polar surface area (TPSA) is 91.4 Å². The molecule has 1 heterocycles. The van der Waals surface area contributed by atoms with E-state index in [0.29, 0.717) is 0 Å². The van der Waals surface area contributed by atoms with Crippen LogP contribution in [0, 0.1) is 5.92 Å². The lowest BCUT2D eigenvalue weighted by molar-refractivity contribution is -0.159. The summed E-state index contributed by atoms with van der Waals surface area (Å²) < 4.78 is 20.4. The maximum Gasteiger partial charge on any atom is 0.412 e. The summed E-state index contributed by atoms with van der Waals surface area (Å²) in [6, 6.07) is -0.516. The van der Waals surface area contributed by atoms with E-state index in [2.05, 4.69) is 9.47 Å². The Morgan fingerprint density at radius 2 is 1.67 bits per heavy atom. The van der Waals surface area contributed by atoms with Crippen molar-refractivity contribution < 1.29 is 33.3 Å². The third-order valence-corrected chi connectivity index (χ3v) is 3.64. The smallest absolute Gasteiger partial charge is 0.412 e. The van der Waals surface area contributed by atoms with Gasteiger partial charge in [0.25, 0.3) is 0 Å². The van der Waals surface area contributed by atoms with Crippen LogP contribution in [-0.4, -0.2) is 61.1 Å². The zero-order chi connectivity index (χ0) is 18.7. The maximum absolute atomic E-state index is 12.5. The van der Waals surface area contributed by atoms with Gasteiger partial charge in [0.15, 0.2) is 5.92 Å². The van der Waals surface area contributed by atoms with Crippen LogP contribution in [0.3, 0.4) is 0 Å². The first-order valence-corrected chi connectivity index (χ1v) is 7.75. The van der Waals surface area contributed by atoms with Crippen molar-refractivity contribution in [2.45, 2.75) is 58.4 Å². The van der Waals surface area contributed by atoms with Gasteiger partial charge in [-0.2, -0.15) is 0 Å². The Morgan fingerprint density at radius 1 is 1.17 bits per heavy atom. The summed E-state index contributed by atoms with van der Waals surface area (Å²) in [5.74, 6) is -2.56. The van der Waals surface area contributed by atoms with Crippen molar-refractivity contribution >= 4 is 18.0 Å². The fourth-order valence-electron chi connectivity index (χ4n) is 2.58. The average molecular weight is 345 g/mol. The number of hydrogen-bond acceptors (Lipinski definition) is 7. The van der Waals surface area contributed by atoms with E-state index in [0.717, 1.165) is 0 Å². The zero-order valence-corrected chi connectivity index (χ0v) is 15.4. The van der Waals surface area contributed by atoms with Crippen LogP contribution in [0.2, 0.25) is 0 Å². The molecular formula is C16H27NO7. The molecule has 1 aliphatic rings. The van der Waals surface area contributed by atoms with Crippen molar-refractivity contribution in [1.29, 1.82) is 0 Å². The third-order valence-electron chi connectivity index (χ3n) is 3.64. The van der Waals surface area contributed by atoms with Crippen LogP contribution in [0.1, 0.15) is 41.0 Å². The van der Waals surface area contributed by atoms with Gasteiger partial charge in [0.2, 0.25) is 0 Å². The first-order chi connectivity index (χ1) is 10.9. The van der Waals surface area contributed by atoms with E-state index < -0.39 is 41.3 Å². The second-order valence-electron chi connectivity index (χ2n) is 7.10. The molecule has 1 amide bonds. The number of hydrogen-bond donors (Lipinski definition) is 0. The normalized spacial score (nSPS) is 20.0. The Kier molecular flexibility index (Phi) is 6.21. The number of amides is 1. The second kappa shape index (κ2) is 7.38. The molecule has 8 nitrogen and oxygen atoms in total. The summed E-state index contributed by atoms with van der Waals surface area (Å²) in [6.07, 6.45) is -0.536. The number of carbonyl (C=O) groups excluding carboxylic acids is 3. The highest BCUT2D eigenvalue weighted by atomic mass is 16.6. The van der Waals surface area contributed by atoms with Gasteiger partial charge in [-0.05, 0) is 41.0 Å². The number of rotatable bonds is 4. The molecule has 0 unspecified atom stereocenters. The lowest BCUT2D eigenvalue weighted by Crippen LogP contribution is -2.51. The second-order valence-corrected chi connectivity index (χ2v) is 7.10. The summed E-state index contributed by atoms with van der Waals surface area (Å²) in [5.41, 5.74) is -1.59. The van der Waals surface area contributed by atoms with E-state index in [4.69, 9.17) is 9.47 Å². The molecule has 0 spiro atoms. The zero-order valence-electron chi connectivity index (χ0n) is 15.4. The van der Waals surface area contributed by atoms with Gasteiger partial charge in [0, 0.05) is 0 Å². The van der Waals surface area contributed by atoms with Gasteiger partial charge in [-0.1, -0.05) is 0 Å². The number of esters is 2. The van der Waals surface area contributed by atoms with Crippen molar-refractivity contribution in [2.75, 3.05) is 20.8 Å². The lowest BCUT2D eigenvalue weighted by atomic mass is 9.99. The predicted molar refractivity (Wildman–Crippen MR) is 84.0 cm³/mol. The monoisotopic (exact) mass is 345 g/mol.